The summed E-state index contributed by atoms with van der Waals surface area (Å²) in [5, 5.41) is 13.9. The van der Waals surface area contributed by atoms with Gasteiger partial charge < -0.3 is 10.4 Å². The zero-order chi connectivity index (χ0) is 15.3. The fourth-order valence-corrected chi connectivity index (χ4v) is 4.01. The minimum Gasteiger partial charge on any atom is -0.388 e. The van der Waals surface area contributed by atoms with Crippen LogP contribution in [0.4, 0.5) is 5.69 Å². The van der Waals surface area contributed by atoms with E-state index in [0.717, 1.165) is 36.1 Å². The van der Waals surface area contributed by atoms with Crippen LogP contribution in [0.3, 0.4) is 0 Å². The van der Waals surface area contributed by atoms with E-state index in [1.165, 1.54) is 12.8 Å². The van der Waals surface area contributed by atoms with Crippen LogP contribution < -0.4 is 5.32 Å². The second kappa shape index (κ2) is 4.84. The second-order valence-electron chi connectivity index (χ2n) is 7.21. The number of fused-ring (bicyclic) bond motifs is 1. The molecule has 1 aliphatic heterocycles. The molecule has 0 aromatic heterocycles. The van der Waals surface area contributed by atoms with Crippen molar-refractivity contribution in [1.82, 2.24) is 0 Å². The number of rotatable bonds is 3. The molecule has 1 saturated carbocycles. The third-order valence-electron chi connectivity index (χ3n) is 5.73. The molecule has 1 aromatic rings. The van der Waals surface area contributed by atoms with Crippen molar-refractivity contribution in [3.05, 3.63) is 29.3 Å². The molecule has 1 aliphatic carbocycles. The summed E-state index contributed by atoms with van der Waals surface area (Å²) in [6.07, 6.45) is 5.20. The maximum atomic E-state index is 12.0. The van der Waals surface area contributed by atoms with E-state index in [0.29, 0.717) is 0 Å². The van der Waals surface area contributed by atoms with Crippen molar-refractivity contribution in [2.75, 3.05) is 5.32 Å². The summed E-state index contributed by atoms with van der Waals surface area (Å²) in [6.45, 7) is 6.06. The summed E-state index contributed by atoms with van der Waals surface area (Å²) in [6, 6.07) is 5.95. The second-order valence-corrected chi connectivity index (χ2v) is 7.21. The van der Waals surface area contributed by atoms with Crippen LogP contribution in [0.2, 0.25) is 0 Å². The van der Waals surface area contributed by atoms with Crippen molar-refractivity contribution in [3.8, 4) is 0 Å². The molecule has 3 heteroatoms. The number of carbonyl (C=O) groups is 1. The molecule has 21 heavy (non-hydrogen) atoms. The van der Waals surface area contributed by atoms with E-state index in [-0.39, 0.29) is 11.3 Å². The van der Waals surface area contributed by atoms with Gasteiger partial charge in [0.05, 0.1) is 11.5 Å². The molecule has 0 spiro atoms. The number of amides is 1. The molecule has 3 rings (SSSR count). The molecular formula is C18H25NO2. The van der Waals surface area contributed by atoms with Gasteiger partial charge in [-0.15, -0.1) is 0 Å². The Bertz CT molecular complexity index is 571. The van der Waals surface area contributed by atoms with E-state index in [4.69, 9.17) is 0 Å². The molecule has 0 radical (unpaired) electrons. The van der Waals surface area contributed by atoms with E-state index >= 15 is 0 Å². The quantitative estimate of drug-likeness (QED) is 0.885. The van der Waals surface area contributed by atoms with E-state index in [1.54, 1.807) is 0 Å². The van der Waals surface area contributed by atoms with Crippen molar-refractivity contribution in [2.24, 2.45) is 5.41 Å². The summed E-state index contributed by atoms with van der Waals surface area (Å²) >= 11 is 0. The SMILES string of the molecule is CCC1(C(O)c2ccc3c(c2)C(C)(C)C(=O)N3)CCCC1. The number of nitrogens with one attached hydrogen (secondary N) is 1. The highest BCUT2D eigenvalue weighted by Gasteiger charge is 2.42. The first-order valence-electron chi connectivity index (χ1n) is 8.05. The van der Waals surface area contributed by atoms with E-state index in [2.05, 4.69) is 12.2 Å². The van der Waals surface area contributed by atoms with Crippen LogP contribution in [0.15, 0.2) is 18.2 Å². The number of hydrogen-bond donors (Lipinski definition) is 2. The molecule has 1 aromatic carbocycles. The highest BCUT2D eigenvalue weighted by molar-refractivity contribution is 6.05. The van der Waals surface area contributed by atoms with Crippen molar-refractivity contribution in [1.29, 1.82) is 0 Å². The van der Waals surface area contributed by atoms with Crippen molar-refractivity contribution in [2.45, 2.75) is 64.4 Å². The molecule has 2 N–H and O–H groups in total. The predicted molar refractivity (Wildman–Crippen MR) is 84.2 cm³/mol. The van der Waals surface area contributed by atoms with Gasteiger partial charge in [0.15, 0.2) is 0 Å². The van der Waals surface area contributed by atoms with Gasteiger partial charge in [0.25, 0.3) is 0 Å². The first-order valence-corrected chi connectivity index (χ1v) is 8.05. The molecule has 1 unspecified atom stereocenters. The zero-order valence-electron chi connectivity index (χ0n) is 13.2. The topological polar surface area (TPSA) is 49.3 Å². The first-order chi connectivity index (χ1) is 9.90. The molecular weight excluding hydrogens is 262 g/mol. The number of benzene rings is 1. The third kappa shape index (κ3) is 2.10. The fourth-order valence-electron chi connectivity index (χ4n) is 4.01. The fraction of sp³-hybridized carbons (Fsp3) is 0.611. The number of anilines is 1. The molecule has 2 aliphatic rings. The number of aliphatic hydroxyl groups is 1. The number of aliphatic hydroxyl groups excluding tert-OH is 1. The van der Waals surface area contributed by atoms with Crippen LogP contribution in [0.5, 0.6) is 0 Å². The van der Waals surface area contributed by atoms with Crippen molar-refractivity contribution in [3.63, 3.8) is 0 Å². The van der Waals surface area contributed by atoms with Gasteiger partial charge in [0.1, 0.15) is 0 Å². The van der Waals surface area contributed by atoms with E-state index in [1.807, 2.05) is 32.0 Å². The number of carbonyl (C=O) groups excluding carboxylic acids is 1. The van der Waals surface area contributed by atoms with Gasteiger partial charge in [0, 0.05) is 11.1 Å². The van der Waals surface area contributed by atoms with Crippen molar-refractivity contribution < 1.29 is 9.90 Å². The summed E-state index contributed by atoms with van der Waals surface area (Å²) in [5.41, 5.74) is 2.36. The van der Waals surface area contributed by atoms with Gasteiger partial charge in [-0.05, 0) is 50.3 Å². The lowest BCUT2D eigenvalue weighted by Gasteiger charge is -2.34. The smallest absolute Gasteiger partial charge is 0.234 e. The van der Waals surface area contributed by atoms with Gasteiger partial charge in [-0.2, -0.15) is 0 Å². The Balaban J connectivity index is 1.98. The molecule has 1 atom stereocenters. The molecule has 3 nitrogen and oxygen atoms in total. The van der Waals surface area contributed by atoms with Gasteiger partial charge >= 0.3 is 0 Å². The Kier molecular flexibility index (Phi) is 3.36. The van der Waals surface area contributed by atoms with Gasteiger partial charge in [-0.25, -0.2) is 0 Å². The molecule has 0 saturated heterocycles. The Morgan fingerprint density at radius 3 is 2.57 bits per heavy atom. The highest BCUT2D eigenvalue weighted by atomic mass is 16.3. The monoisotopic (exact) mass is 287 g/mol. The Labute approximate surface area is 126 Å². The Hall–Kier alpha value is -1.35. The summed E-state index contributed by atoms with van der Waals surface area (Å²) in [5.74, 6) is 0.0372. The van der Waals surface area contributed by atoms with Gasteiger partial charge in [-0.3, -0.25) is 4.79 Å². The average molecular weight is 287 g/mol. The van der Waals surface area contributed by atoms with Gasteiger partial charge in [0.2, 0.25) is 5.91 Å². The van der Waals surface area contributed by atoms with Crippen LogP contribution >= 0.6 is 0 Å². The molecule has 1 amide bonds. The summed E-state index contributed by atoms with van der Waals surface area (Å²) in [4.78, 5) is 12.0. The molecule has 114 valence electrons. The summed E-state index contributed by atoms with van der Waals surface area (Å²) in [7, 11) is 0. The van der Waals surface area contributed by atoms with Crippen LogP contribution in [-0.2, 0) is 10.2 Å². The Morgan fingerprint density at radius 1 is 1.29 bits per heavy atom. The minimum atomic E-state index is -0.514. The normalized spacial score (nSPS) is 23.7. The van der Waals surface area contributed by atoms with Crippen LogP contribution in [-0.4, -0.2) is 11.0 Å². The van der Waals surface area contributed by atoms with Crippen LogP contribution in [0, 0.1) is 5.41 Å². The minimum absolute atomic E-state index is 0.0222. The lowest BCUT2D eigenvalue weighted by molar-refractivity contribution is -0.119. The standard InChI is InChI=1S/C18H25NO2/c1-4-18(9-5-6-10-18)15(20)12-7-8-14-13(11-12)17(2,3)16(21)19-14/h7-8,11,15,20H,4-6,9-10H2,1-3H3,(H,19,21). The van der Waals surface area contributed by atoms with E-state index < -0.39 is 11.5 Å². The number of hydrogen-bond acceptors (Lipinski definition) is 2. The zero-order valence-corrected chi connectivity index (χ0v) is 13.2. The first kappa shape index (κ1) is 14.6. The van der Waals surface area contributed by atoms with Crippen molar-refractivity contribution >= 4 is 11.6 Å². The maximum Gasteiger partial charge on any atom is 0.234 e. The van der Waals surface area contributed by atoms with E-state index in [9.17, 15) is 9.90 Å². The highest BCUT2D eigenvalue weighted by Crippen LogP contribution is 2.51. The lowest BCUT2D eigenvalue weighted by atomic mass is 9.74. The lowest BCUT2D eigenvalue weighted by Crippen LogP contribution is -2.27. The predicted octanol–water partition coefficient (Wildman–Crippen LogP) is 3.92. The molecule has 1 fully saturated rings. The third-order valence-corrected chi connectivity index (χ3v) is 5.73. The summed E-state index contributed by atoms with van der Waals surface area (Å²) < 4.78 is 0. The van der Waals surface area contributed by atoms with Gasteiger partial charge in [-0.1, -0.05) is 31.9 Å². The molecule has 0 bridgehead atoms. The Morgan fingerprint density at radius 2 is 1.95 bits per heavy atom. The largest absolute Gasteiger partial charge is 0.388 e. The molecule has 1 heterocycles. The van der Waals surface area contributed by atoms with Crippen LogP contribution in [0.25, 0.3) is 0 Å². The van der Waals surface area contributed by atoms with Crippen LogP contribution in [0.1, 0.15) is 70.1 Å². The average Bonchev–Trinajstić information content (AvgIpc) is 3.04. The maximum absolute atomic E-state index is 12.0.